The van der Waals surface area contributed by atoms with Crippen molar-refractivity contribution in [2.75, 3.05) is 4.90 Å². The summed E-state index contributed by atoms with van der Waals surface area (Å²) in [6.07, 6.45) is 0. The zero-order chi connectivity index (χ0) is 33.8. The topological polar surface area (TPSA) is 3.24 Å². The van der Waals surface area contributed by atoms with E-state index in [0.29, 0.717) is 0 Å². The van der Waals surface area contributed by atoms with Crippen LogP contribution in [0.1, 0.15) is 49.9 Å². The van der Waals surface area contributed by atoms with Crippen LogP contribution >= 0.6 is 11.3 Å². The molecule has 0 bridgehead atoms. The molecule has 0 unspecified atom stereocenters. The summed E-state index contributed by atoms with van der Waals surface area (Å²) in [6, 6.07) is 56.7. The molecule has 0 fully saturated rings. The molecule has 7 aromatic carbocycles. The summed E-state index contributed by atoms with van der Waals surface area (Å²) < 4.78 is 2.64. The summed E-state index contributed by atoms with van der Waals surface area (Å²) in [5, 5.41) is 2.65. The first-order valence-electron chi connectivity index (χ1n) is 17.6. The standard InChI is InChI=1S/C48H37NS/c1-47(2)37-23-10-6-18-34(37)45-38(47)24-15-26-40(45)49(41-27-13-21-33-30-16-5-9-22-36(30)48(3,4)46(33)41)39-25-11-7-17-31(39)32-20-14-29-43-44(32)35-19-8-12-28-42(35)50-43/h5-29H,1-4H3. The Morgan fingerprint density at radius 3 is 1.78 bits per heavy atom. The number of anilines is 3. The van der Waals surface area contributed by atoms with Crippen molar-refractivity contribution in [2.45, 2.75) is 38.5 Å². The molecule has 2 aliphatic rings. The predicted molar refractivity (Wildman–Crippen MR) is 215 cm³/mol. The highest BCUT2D eigenvalue weighted by atomic mass is 32.1. The van der Waals surface area contributed by atoms with Crippen LogP contribution in [-0.4, -0.2) is 0 Å². The Morgan fingerprint density at radius 2 is 0.940 bits per heavy atom. The maximum Gasteiger partial charge on any atom is 0.0543 e. The van der Waals surface area contributed by atoms with E-state index in [2.05, 4.69) is 184 Å². The number of hydrogen-bond acceptors (Lipinski definition) is 2. The SMILES string of the molecule is CC1(C)c2ccccc2-c2c(N(c3ccccc3-c3cccc4sc5ccccc5c34)c3cccc4c3C(C)(C)c3ccccc3-4)cccc21. The van der Waals surface area contributed by atoms with Gasteiger partial charge >= 0.3 is 0 Å². The van der Waals surface area contributed by atoms with Gasteiger partial charge in [0.1, 0.15) is 0 Å². The number of benzene rings is 7. The number of thiophene rings is 1. The van der Waals surface area contributed by atoms with Crippen LogP contribution in [-0.2, 0) is 10.8 Å². The van der Waals surface area contributed by atoms with Gasteiger partial charge in [-0.15, -0.1) is 11.3 Å². The fraction of sp³-hybridized carbons (Fsp3) is 0.125. The number of fused-ring (bicyclic) bond motifs is 9. The van der Waals surface area contributed by atoms with Crippen molar-refractivity contribution in [3.8, 4) is 33.4 Å². The van der Waals surface area contributed by atoms with Crippen molar-refractivity contribution in [2.24, 2.45) is 0 Å². The molecule has 0 N–H and O–H groups in total. The highest BCUT2D eigenvalue weighted by molar-refractivity contribution is 7.25. The van der Waals surface area contributed by atoms with Gasteiger partial charge in [-0.25, -0.2) is 0 Å². The molecule has 8 aromatic rings. The quantitative estimate of drug-likeness (QED) is 0.182. The van der Waals surface area contributed by atoms with Crippen molar-refractivity contribution in [3.05, 3.63) is 174 Å². The minimum absolute atomic E-state index is 0.109. The van der Waals surface area contributed by atoms with E-state index in [4.69, 9.17) is 0 Å². The summed E-state index contributed by atoms with van der Waals surface area (Å²) in [4.78, 5) is 2.60. The fourth-order valence-corrected chi connectivity index (χ4v) is 10.3. The molecule has 0 atom stereocenters. The number of rotatable bonds is 4. The van der Waals surface area contributed by atoms with E-state index >= 15 is 0 Å². The Bertz CT molecular complexity index is 2670. The highest BCUT2D eigenvalue weighted by Crippen LogP contribution is 2.59. The summed E-state index contributed by atoms with van der Waals surface area (Å²) in [5.74, 6) is 0. The van der Waals surface area contributed by atoms with Crippen LogP contribution < -0.4 is 4.90 Å². The van der Waals surface area contributed by atoms with E-state index in [1.807, 2.05) is 11.3 Å². The fourth-order valence-electron chi connectivity index (χ4n) is 9.21. The molecule has 0 saturated carbocycles. The minimum atomic E-state index is -0.186. The van der Waals surface area contributed by atoms with E-state index in [1.54, 1.807) is 0 Å². The van der Waals surface area contributed by atoms with Gasteiger partial charge in [-0.1, -0.05) is 149 Å². The third kappa shape index (κ3) is 3.94. The van der Waals surface area contributed by atoms with E-state index in [0.717, 1.165) is 0 Å². The first kappa shape index (κ1) is 29.5. The molecule has 50 heavy (non-hydrogen) atoms. The van der Waals surface area contributed by atoms with Crippen LogP contribution in [0.5, 0.6) is 0 Å². The first-order chi connectivity index (χ1) is 24.4. The van der Waals surface area contributed by atoms with Gasteiger partial charge in [0, 0.05) is 42.1 Å². The average Bonchev–Trinajstić information content (AvgIpc) is 3.73. The van der Waals surface area contributed by atoms with Crippen LogP contribution in [0.4, 0.5) is 17.1 Å². The van der Waals surface area contributed by atoms with Gasteiger partial charge in [0.2, 0.25) is 0 Å². The second kappa shape index (κ2) is 10.5. The maximum absolute atomic E-state index is 2.60. The maximum atomic E-state index is 2.60. The molecular formula is C48H37NS. The monoisotopic (exact) mass is 659 g/mol. The third-order valence-electron chi connectivity index (χ3n) is 11.5. The molecule has 0 amide bonds. The van der Waals surface area contributed by atoms with Crippen LogP contribution in [0.2, 0.25) is 0 Å². The van der Waals surface area contributed by atoms with Crippen molar-refractivity contribution in [3.63, 3.8) is 0 Å². The molecule has 2 heteroatoms. The Morgan fingerprint density at radius 1 is 0.400 bits per heavy atom. The molecule has 0 radical (unpaired) electrons. The Labute approximate surface area is 298 Å². The van der Waals surface area contributed by atoms with Crippen LogP contribution in [0, 0.1) is 0 Å². The Kier molecular flexibility index (Phi) is 6.21. The number of para-hydroxylation sites is 1. The lowest BCUT2D eigenvalue weighted by Crippen LogP contribution is -2.21. The normalized spacial score (nSPS) is 14.7. The molecule has 1 heterocycles. The molecule has 0 spiro atoms. The number of nitrogens with zero attached hydrogens (tertiary/aromatic N) is 1. The van der Waals surface area contributed by atoms with Crippen molar-refractivity contribution < 1.29 is 0 Å². The van der Waals surface area contributed by atoms with Crippen LogP contribution in [0.25, 0.3) is 53.6 Å². The molecule has 1 aromatic heterocycles. The van der Waals surface area contributed by atoms with Crippen molar-refractivity contribution in [1.29, 1.82) is 0 Å². The third-order valence-corrected chi connectivity index (χ3v) is 12.6. The van der Waals surface area contributed by atoms with Gasteiger partial charge in [-0.2, -0.15) is 0 Å². The zero-order valence-corrected chi connectivity index (χ0v) is 29.6. The van der Waals surface area contributed by atoms with Crippen LogP contribution in [0.15, 0.2) is 152 Å². The molecule has 1 nitrogen and oxygen atoms in total. The van der Waals surface area contributed by atoms with Gasteiger partial charge < -0.3 is 4.90 Å². The smallest absolute Gasteiger partial charge is 0.0543 e. The summed E-state index contributed by atoms with van der Waals surface area (Å²) >= 11 is 1.88. The van der Waals surface area contributed by atoms with Crippen molar-refractivity contribution in [1.82, 2.24) is 0 Å². The predicted octanol–water partition coefficient (Wildman–Crippen LogP) is 13.8. The van der Waals surface area contributed by atoms with E-state index in [-0.39, 0.29) is 10.8 Å². The molecule has 10 rings (SSSR count). The van der Waals surface area contributed by atoms with Gasteiger partial charge in [-0.3, -0.25) is 0 Å². The summed E-state index contributed by atoms with van der Waals surface area (Å²) in [5.41, 5.74) is 16.7. The lowest BCUT2D eigenvalue weighted by atomic mass is 9.81. The lowest BCUT2D eigenvalue weighted by Gasteiger charge is -2.35. The van der Waals surface area contributed by atoms with E-state index in [9.17, 15) is 0 Å². The van der Waals surface area contributed by atoms with E-state index in [1.165, 1.54) is 92.9 Å². The largest absolute Gasteiger partial charge is 0.309 e. The minimum Gasteiger partial charge on any atom is -0.309 e. The highest BCUT2D eigenvalue weighted by Gasteiger charge is 2.41. The van der Waals surface area contributed by atoms with Gasteiger partial charge in [0.15, 0.2) is 0 Å². The van der Waals surface area contributed by atoms with Gasteiger partial charge in [0.25, 0.3) is 0 Å². The van der Waals surface area contributed by atoms with Gasteiger partial charge in [-0.05, 0) is 74.8 Å². The van der Waals surface area contributed by atoms with E-state index < -0.39 is 0 Å². The lowest BCUT2D eigenvalue weighted by molar-refractivity contribution is 0.659. The second-order valence-corrected chi connectivity index (χ2v) is 16.0. The summed E-state index contributed by atoms with van der Waals surface area (Å²) in [7, 11) is 0. The van der Waals surface area contributed by atoms with Crippen molar-refractivity contribution >= 4 is 48.6 Å². The molecular weight excluding hydrogens is 623 g/mol. The molecule has 2 aliphatic carbocycles. The Balaban J connectivity index is 1.32. The molecule has 240 valence electrons. The molecule has 0 aliphatic heterocycles. The van der Waals surface area contributed by atoms with Gasteiger partial charge in [0.05, 0.1) is 17.1 Å². The average molecular weight is 660 g/mol. The Hall–Kier alpha value is -5.44. The number of hydrogen-bond donors (Lipinski definition) is 0. The molecule has 0 saturated heterocycles. The summed E-state index contributed by atoms with van der Waals surface area (Å²) in [6.45, 7) is 9.55. The zero-order valence-electron chi connectivity index (χ0n) is 28.8. The first-order valence-corrected chi connectivity index (χ1v) is 18.4. The van der Waals surface area contributed by atoms with Crippen LogP contribution in [0.3, 0.4) is 0 Å². The second-order valence-electron chi connectivity index (χ2n) is 14.9.